The lowest BCUT2D eigenvalue weighted by molar-refractivity contribution is -0.137. The topological polar surface area (TPSA) is 23.6 Å². The number of nitrogens with zero attached hydrogens (tertiary/aromatic N) is 2. The Morgan fingerprint density at radius 3 is 2.10 bits per heavy atom. The summed E-state index contributed by atoms with van der Waals surface area (Å²) in [6.07, 6.45) is 9.21. The predicted octanol–water partition coefficient (Wildman–Crippen LogP) is 3.54. The molecule has 0 radical (unpaired) electrons. The number of hydrogen-bond acceptors (Lipinski definition) is 2. The van der Waals surface area contributed by atoms with Crippen molar-refractivity contribution in [2.24, 2.45) is 11.3 Å². The fraction of sp³-hybridized carbons (Fsp3) is 0.944. The molecule has 2 heterocycles. The minimum Gasteiger partial charge on any atom is -0.342 e. The highest BCUT2D eigenvalue weighted by molar-refractivity contribution is 5.78. The maximum Gasteiger partial charge on any atom is 0.225 e. The van der Waals surface area contributed by atoms with Gasteiger partial charge in [0.1, 0.15) is 0 Å². The molecule has 0 unspecified atom stereocenters. The first-order valence-electron chi connectivity index (χ1n) is 9.07. The van der Waals surface area contributed by atoms with Crippen molar-refractivity contribution in [2.75, 3.05) is 32.7 Å². The summed E-state index contributed by atoms with van der Waals surface area (Å²) < 4.78 is 0. The van der Waals surface area contributed by atoms with Crippen LogP contribution in [0.3, 0.4) is 0 Å². The number of likely N-dealkylation sites (tertiary alicyclic amines) is 2. The van der Waals surface area contributed by atoms with Crippen LogP contribution in [0.15, 0.2) is 0 Å². The van der Waals surface area contributed by atoms with Crippen molar-refractivity contribution >= 4 is 5.91 Å². The van der Waals surface area contributed by atoms with E-state index in [9.17, 15) is 4.79 Å². The normalized spacial score (nSPS) is 23.0. The van der Waals surface area contributed by atoms with Crippen molar-refractivity contribution in [1.82, 2.24) is 9.80 Å². The molecule has 0 N–H and O–H groups in total. The van der Waals surface area contributed by atoms with Crippen LogP contribution in [0.2, 0.25) is 0 Å². The molecule has 3 nitrogen and oxygen atoms in total. The summed E-state index contributed by atoms with van der Waals surface area (Å²) >= 11 is 0. The second-order valence-electron chi connectivity index (χ2n) is 7.53. The Morgan fingerprint density at radius 2 is 1.57 bits per heavy atom. The number of rotatable bonds is 5. The van der Waals surface area contributed by atoms with Crippen LogP contribution in [-0.2, 0) is 4.79 Å². The zero-order chi connectivity index (χ0) is 15.3. The molecular weight excluding hydrogens is 260 g/mol. The van der Waals surface area contributed by atoms with Gasteiger partial charge in [-0.3, -0.25) is 4.79 Å². The van der Waals surface area contributed by atoms with Gasteiger partial charge in [0.05, 0.1) is 0 Å². The number of hydrogen-bond donors (Lipinski definition) is 0. The maximum absolute atomic E-state index is 12.1. The highest BCUT2D eigenvalue weighted by atomic mass is 16.2. The standard InChI is InChI=1S/C18H34N2O/c1-4-5-6-11-19-12-7-18(8-13-19)9-14-20(15-10-18)17(21)16(2)3/h16H,4-15H2,1-3H3. The Balaban J connectivity index is 1.74. The molecule has 0 aromatic heterocycles. The van der Waals surface area contributed by atoms with Gasteiger partial charge in [0, 0.05) is 19.0 Å². The van der Waals surface area contributed by atoms with Gasteiger partial charge < -0.3 is 9.80 Å². The Bertz CT molecular complexity index is 322. The van der Waals surface area contributed by atoms with Gasteiger partial charge in [-0.15, -0.1) is 0 Å². The third-order valence-corrected chi connectivity index (χ3v) is 5.62. The minimum atomic E-state index is 0.152. The van der Waals surface area contributed by atoms with Crippen LogP contribution < -0.4 is 0 Å². The van der Waals surface area contributed by atoms with Gasteiger partial charge in [0.15, 0.2) is 0 Å². The van der Waals surface area contributed by atoms with Crippen molar-refractivity contribution in [1.29, 1.82) is 0 Å². The van der Waals surface area contributed by atoms with E-state index in [1.165, 1.54) is 64.6 Å². The minimum absolute atomic E-state index is 0.152. The number of carbonyl (C=O) groups excluding carboxylic acids is 1. The van der Waals surface area contributed by atoms with Crippen molar-refractivity contribution in [3.05, 3.63) is 0 Å². The van der Waals surface area contributed by atoms with Crippen LogP contribution in [-0.4, -0.2) is 48.4 Å². The lowest BCUT2D eigenvalue weighted by Crippen LogP contribution is -2.49. The maximum atomic E-state index is 12.1. The third kappa shape index (κ3) is 4.45. The summed E-state index contributed by atoms with van der Waals surface area (Å²) in [5.74, 6) is 0.501. The van der Waals surface area contributed by atoms with E-state index in [1.807, 2.05) is 13.8 Å². The van der Waals surface area contributed by atoms with Crippen molar-refractivity contribution in [2.45, 2.75) is 65.7 Å². The lowest BCUT2D eigenvalue weighted by atomic mass is 9.71. The molecule has 2 aliphatic heterocycles. The van der Waals surface area contributed by atoms with E-state index in [1.54, 1.807) is 0 Å². The molecule has 122 valence electrons. The Kier molecular flexibility index (Phi) is 6.09. The van der Waals surface area contributed by atoms with E-state index in [0.29, 0.717) is 11.3 Å². The summed E-state index contributed by atoms with van der Waals surface area (Å²) in [5.41, 5.74) is 0.551. The van der Waals surface area contributed by atoms with Crippen LogP contribution >= 0.6 is 0 Å². The van der Waals surface area contributed by atoms with E-state index < -0.39 is 0 Å². The average molecular weight is 294 g/mol. The number of unbranched alkanes of at least 4 members (excludes halogenated alkanes) is 2. The first kappa shape index (κ1) is 16.8. The molecule has 2 saturated heterocycles. The summed E-state index contributed by atoms with van der Waals surface area (Å²) in [4.78, 5) is 16.8. The fourth-order valence-corrected chi connectivity index (χ4v) is 3.90. The molecule has 3 heteroatoms. The summed E-state index contributed by atoms with van der Waals surface area (Å²) in [6, 6.07) is 0. The number of amides is 1. The summed E-state index contributed by atoms with van der Waals surface area (Å²) in [5, 5.41) is 0. The van der Waals surface area contributed by atoms with Crippen molar-refractivity contribution in [3.63, 3.8) is 0 Å². The van der Waals surface area contributed by atoms with Gasteiger partial charge in [0.25, 0.3) is 0 Å². The fourth-order valence-electron chi connectivity index (χ4n) is 3.90. The zero-order valence-corrected chi connectivity index (χ0v) is 14.4. The monoisotopic (exact) mass is 294 g/mol. The van der Waals surface area contributed by atoms with Crippen LogP contribution in [0, 0.1) is 11.3 Å². The van der Waals surface area contributed by atoms with E-state index in [0.717, 1.165) is 13.1 Å². The van der Waals surface area contributed by atoms with Gasteiger partial charge in [-0.05, 0) is 57.2 Å². The molecule has 0 aromatic rings. The van der Waals surface area contributed by atoms with E-state index >= 15 is 0 Å². The first-order valence-corrected chi connectivity index (χ1v) is 9.07. The first-order chi connectivity index (χ1) is 10.1. The molecule has 0 saturated carbocycles. The highest BCUT2D eigenvalue weighted by Crippen LogP contribution is 2.41. The van der Waals surface area contributed by atoms with E-state index in [4.69, 9.17) is 0 Å². The van der Waals surface area contributed by atoms with Gasteiger partial charge in [-0.1, -0.05) is 33.6 Å². The molecule has 2 rings (SSSR count). The Hall–Kier alpha value is -0.570. The van der Waals surface area contributed by atoms with Crippen LogP contribution in [0.1, 0.15) is 65.7 Å². The molecular formula is C18H34N2O. The van der Waals surface area contributed by atoms with Gasteiger partial charge >= 0.3 is 0 Å². The molecule has 21 heavy (non-hydrogen) atoms. The second-order valence-corrected chi connectivity index (χ2v) is 7.53. The largest absolute Gasteiger partial charge is 0.342 e. The molecule has 0 aliphatic carbocycles. The Morgan fingerprint density at radius 1 is 1.00 bits per heavy atom. The summed E-state index contributed by atoms with van der Waals surface area (Å²) in [6.45, 7) is 12.1. The third-order valence-electron chi connectivity index (χ3n) is 5.62. The van der Waals surface area contributed by atoms with Gasteiger partial charge in [-0.2, -0.15) is 0 Å². The lowest BCUT2D eigenvalue weighted by Gasteiger charge is -2.47. The molecule has 1 amide bonds. The molecule has 0 aromatic carbocycles. The van der Waals surface area contributed by atoms with Crippen molar-refractivity contribution < 1.29 is 4.79 Å². The smallest absolute Gasteiger partial charge is 0.225 e. The van der Waals surface area contributed by atoms with E-state index in [2.05, 4.69) is 16.7 Å². The molecule has 0 bridgehead atoms. The van der Waals surface area contributed by atoms with Crippen LogP contribution in [0.5, 0.6) is 0 Å². The predicted molar refractivity (Wildman–Crippen MR) is 88.3 cm³/mol. The number of carbonyl (C=O) groups is 1. The zero-order valence-electron chi connectivity index (χ0n) is 14.4. The van der Waals surface area contributed by atoms with Gasteiger partial charge in [-0.25, -0.2) is 0 Å². The second kappa shape index (κ2) is 7.62. The SMILES string of the molecule is CCCCCN1CCC2(CC1)CCN(C(=O)C(C)C)CC2. The van der Waals surface area contributed by atoms with Crippen molar-refractivity contribution in [3.8, 4) is 0 Å². The summed E-state index contributed by atoms with van der Waals surface area (Å²) in [7, 11) is 0. The van der Waals surface area contributed by atoms with Crippen LogP contribution in [0.4, 0.5) is 0 Å². The average Bonchev–Trinajstić information content (AvgIpc) is 2.50. The molecule has 2 aliphatic rings. The molecule has 0 atom stereocenters. The molecule has 1 spiro atoms. The van der Waals surface area contributed by atoms with Gasteiger partial charge in [0.2, 0.25) is 5.91 Å². The highest BCUT2D eigenvalue weighted by Gasteiger charge is 2.38. The van der Waals surface area contributed by atoms with E-state index in [-0.39, 0.29) is 5.92 Å². The molecule has 2 fully saturated rings. The number of piperidine rings is 2. The quantitative estimate of drug-likeness (QED) is 0.724. The Labute approximate surface area is 131 Å². The van der Waals surface area contributed by atoms with Crippen LogP contribution in [0.25, 0.3) is 0 Å².